The van der Waals surface area contributed by atoms with Crippen LogP contribution in [0.3, 0.4) is 0 Å². The third-order valence-electron chi connectivity index (χ3n) is 4.45. The lowest BCUT2D eigenvalue weighted by atomic mass is 10.0. The standard InChI is InChI=1S/C15H22F2N4O2/c1-10-18-13(8-23-10)14(22)20-6-12(7-20)21-9-15(16,17)4-11(21)5-19(2)3/h8,11-12H,4-7,9H2,1-3H3/t11-/m0/s1. The molecule has 0 aromatic carbocycles. The number of hydrogen-bond donors (Lipinski definition) is 0. The molecule has 0 bridgehead atoms. The van der Waals surface area contributed by atoms with E-state index in [1.165, 1.54) is 6.26 Å². The Labute approximate surface area is 134 Å². The van der Waals surface area contributed by atoms with Crippen molar-refractivity contribution in [2.45, 2.75) is 31.4 Å². The summed E-state index contributed by atoms with van der Waals surface area (Å²) in [7, 11) is 3.77. The molecule has 2 aliphatic rings. The van der Waals surface area contributed by atoms with Crippen molar-refractivity contribution in [2.24, 2.45) is 0 Å². The number of rotatable bonds is 4. The van der Waals surface area contributed by atoms with Crippen LogP contribution in [0.2, 0.25) is 0 Å². The molecule has 6 nitrogen and oxygen atoms in total. The molecule has 23 heavy (non-hydrogen) atoms. The molecule has 1 amide bonds. The molecular formula is C15H22F2N4O2. The predicted octanol–water partition coefficient (Wildman–Crippen LogP) is 1.08. The predicted molar refractivity (Wildman–Crippen MR) is 79.5 cm³/mol. The second kappa shape index (κ2) is 5.83. The molecule has 1 aromatic heterocycles. The number of alkyl halides is 2. The fraction of sp³-hybridized carbons (Fsp3) is 0.733. The summed E-state index contributed by atoms with van der Waals surface area (Å²) in [5, 5.41) is 0. The van der Waals surface area contributed by atoms with Crippen LogP contribution in [0, 0.1) is 6.92 Å². The summed E-state index contributed by atoms with van der Waals surface area (Å²) in [6.45, 7) is 2.98. The van der Waals surface area contributed by atoms with Crippen LogP contribution in [0.5, 0.6) is 0 Å². The zero-order valence-electron chi connectivity index (χ0n) is 13.6. The number of likely N-dealkylation sites (tertiary alicyclic amines) is 2. The molecule has 8 heteroatoms. The van der Waals surface area contributed by atoms with Gasteiger partial charge in [0, 0.05) is 45.1 Å². The van der Waals surface area contributed by atoms with Gasteiger partial charge < -0.3 is 14.2 Å². The van der Waals surface area contributed by atoms with E-state index in [1.54, 1.807) is 11.8 Å². The van der Waals surface area contributed by atoms with Crippen LogP contribution in [0.25, 0.3) is 0 Å². The van der Waals surface area contributed by atoms with Gasteiger partial charge in [-0.15, -0.1) is 0 Å². The van der Waals surface area contributed by atoms with Crippen LogP contribution in [-0.4, -0.2) is 83.9 Å². The maximum absolute atomic E-state index is 13.8. The molecule has 3 heterocycles. The molecule has 0 radical (unpaired) electrons. The van der Waals surface area contributed by atoms with Crippen molar-refractivity contribution >= 4 is 5.91 Å². The van der Waals surface area contributed by atoms with E-state index in [4.69, 9.17) is 4.42 Å². The second-order valence-corrected chi connectivity index (χ2v) is 6.76. The number of oxazole rings is 1. The highest BCUT2D eigenvalue weighted by Crippen LogP contribution is 2.35. The Kier molecular flexibility index (Phi) is 4.14. The zero-order valence-corrected chi connectivity index (χ0v) is 13.6. The highest BCUT2D eigenvalue weighted by molar-refractivity contribution is 5.92. The Morgan fingerprint density at radius 3 is 2.74 bits per heavy atom. The van der Waals surface area contributed by atoms with Gasteiger partial charge in [0.1, 0.15) is 6.26 Å². The first-order valence-electron chi connectivity index (χ1n) is 7.75. The number of halogens is 2. The number of hydrogen-bond acceptors (Lipinski definition) is 5. The van der Waals surface area contributed by atoms with E-state index in [2.05, 4.69) is 4.98 Å². The smallest absolute Gasteiger partial charge is 0.275 e. The number of aryl methyl sites for hydroxylation is 1. The third-order valence-corrected chi connectivity index (χ3v) is 4.45. The van der Waals surface area contributed by atoms with Gasteiger partial charge in [-0.3, -0.25) is 9.69 Å². The van der Waals surface area contributed by atoms with E-state index in [0.29, 0.717) is 25.5 Å². The molecule has 0 aliphatic carbocycles. The molecule has 0 spiro atoms. The highest BCUT2D eigenvalue weighted by atomic mass is 19.3. The molecule has 2 aliphatic heterocycles. The fourth-order valence-corrected chi connectivity index (χ4v) is 3.40. The third kappa shape index (κ3) is 3.37. The first kappa shape index (κ1) is 16.3. The van der Waals surface area contributed by atoms with Crippen molar-refractivity contribution in [2.75, 3.05) is 40.3 Å². The van der Waals surface area contributed by atoms with E-state index in [9.17, 15) is 13.6 Å². The number of carbonyl (C=O) groups is 1. The monoisotopic (exact) mass is 328 g/mol. The Morgan fingerprint density at radius 1 is 1.48 bits per heavy atom. The Balaban J connectivity index is 1.60. The van der Waals surface area contributed by atoms with Gasteiger partial charge in [0.15, 0.2) is 11.6 Å². The summed E-state index contributed by atoms with van der Waals surface area (Å²) in [5.41, 5.74) is 0.276. The normalized spacial score (nSPS) is 25.1. The summed E-state index contributed by atoms with van der Waals surface area (Å²) in [6.07, 6.45) is 1.22. The van der Waals surface area contributed by atoms with Crippen LogP contribution >= 0.6 is 0 Å². The van der Waals surface area contributed by atoms with E-state index in [1.807, 2.05) is 23.9 Å². The average Bonchev–Trinajstić information content (AvgIpc) is 2.91. The van der Waals surface area contributed by atoms with Crippen molar-refractivity contribution < 1.29 is 18.0 Å². The summed E-state index contributed by atoms with van der Waals surface area (Å²) in [5.74, 6) is -2.40. The van der Waals surface area contributed by atoms with Gasteiger partial charge in [0.05, 0.1) is 6.54 Å². The van der Waals surface area contributed by atoms with Gasteiger partial charge in [-0.05, 0) is 14.1 Å². The molecule has 2 fully saturated rings. The summed E-state index contributed by atoms with van der Waals surface area (Å²) >= 11 is 0. The maximum atomic E-state index is 13.8. The van der Waals surface area contributed by atoms with Gasteiger partial charge in [-0.1, -0.05) is 0 Å². The van der Waals surface area contributed by atoms with Crippen LogP contribution in [0.15, 0.2) is 10.7 Å². The topological polar surface area (TPSA) is 52.8 Å². The first-order valence-corrected chi connectivity index (χ1v) is 7.75. The van der Waals surface area contributed by atoms with E-state index in [-0.39, 0.29) is 36.7 Å². The lowest BCUT2D eigenvalue weighted by Crippen LogP contribution is -2.63. The average molecular weight is 328 g/mol. The Hall–Kier alpha value is -1.54. The van der Waals surface area contributed by atoms with Crippen molar-refractivity contribution in [3.05, 3.63) is 17.8 Å². The van der Waals surface area contributed by atoms with Gasteiger partial charge in [0.25, 0.3) is 11.8 Å². The minimum Gasteiger partial charge on any atom is -0.448 e. The molecule has 0 unspecified atom stereocenters. The van der Waals surface area contributed by atoms with E-state index in [0.717, 1.165) is 0 Å². The van der Waals surface area contributed by atoms with Gasteiger partial charge in [0.2, 0.25) is 0 Å². The summed E-state index contributed by atoms with van der Waals surface area (Å²) in [4.78, 5) is 21.6. The van der Waals surface area contributed by atoms with E-state index >= 15 is 0 Å². The summed E-state index contributed by atoms with van der Waals surface area (Å²) < 4.78 is 32.6. The van der Waals surface area contributed by atoms with Crippen LogP contribution < -0.4 is 0 Å². The zero-order chi connectivity index (χ0) is 16.8. The molecular weight excluding hydrogens is 306 g/mol. The highest BCUT2D eigenvalue weighted by Gasteiger charge is 2.50. The lowest BCUT2D eigenvalue weighted by Gasteiger charge is -2.46. The molecule has 0 saturated carbocycles. The number of amides is 1. The molecule has 1 aromatic rings. The Morgan fingerprint density at radius 2 is 2.17 bits per heavy atom. The maximum Gasteiger partial charge on any atom is 0.275 e. The van der Waals surface area contributed by atoms with Gasteiger partial charge >= 0.3 is 0 Å². The van der Waals surface area contributed by atoms with Crippen molar-refractivity contribution in [3.63, 3.8) is 0 Å². The van der Waals surface area contributed by atoms with Crippen molar-refractivity contribution in [3.8, 4) is 0 Å². The first-order chi connectivity index (χ1) is 10.7. The van der Waals surface area contributed by atoms with E-state index < -0.39 is 5.92 Å². The SMILES string of the molecule is Cc1nc(C(=O)N2CC(N3CC(F)(F)C[C@H]3CN(C)C)C2)co1. The van der Waals surface area contributed by atoms with Crippen molar-refractivity contribution in [1.82, 2.24) is 19.7 Å². The minimum atomic E-state index is -2.64. The Bertz CT molecular complexity index is 584. The number of likely N-dealkylation sites (N-methyl/N-ethyl adjacent to an activating group) is 1. The summed E-state index contributed by atoms with van der Waals surface area (Å²) in [6, 6.07) is -0.179. The number of nitrogens with zero attached hydrogens (tertiary/aromatic N) is 4. The molecule has 0 N–H and O–H groups in total. The van der Waals surface area contributed by atoms with Crippen LogP contribution in [0.4, 0.5) is 8.78 Å². The van der Waals surface area contributed by atoms with Crippen molar-refractivity contribution in [1.29, 1.82) is 0 Å². The van der Waals surface area contributed by atoms with Gasteiger partial charge in [-0.25, -0.2) is 13.8 Å². The number of aromatic nitrogens is 1. The minimum absolute atomic E-state index is 0.00901. The molecule has 128 valence electrons. The molecule has 1 atom stereocenters. The van der Waals surface area contributed by atoms with Crippen LogP contribution in [-0.2, 0) is 0 Å². The quantitative estimate of drug-likeness (QED) is 0.828. The molecule has 3 rings (SSSR count). The second-order valence-electron chi connectivity index (χ2n) is 6.76. The number of carbonyl (C=O) groups excluding carboxylic acids is 1. The van der Waals surface area contributed by atoms with Crippen LogP contribution in [0.1, 0.15) is 22.8 Å². The lowest BCUT2D eigenvalue weighted by molar-refractivity contribution is -0.0116. The largest absolute Gasteiger partial charge is 0.448 e. The fourth-order valence-electron chi connectivity index (χ4n) is 3.40. The van der Waals surface area contributed by atoms with Gasteiger partial charge in [-0.2, -0.15) is 0 Å². The molecule has 2 saturated heterocycles.